The van der Waals surface area contributed by atoms with Gasteiger partial charge in [0.25, 0.3) is 0 Å². The number of rotatable bonds is 3. The van der Waals surface area contributed by atoms with E-state index in [1.54, 1.807) is 11.0 Å². The summed E-state index contributed by atoms with van der Waals surface area (Å²) in [6.45, 7) is 1.95. The number of likely N-dealkylation sites (tertiary alicyclic amines) is 1. The number of carbonyl (C=O) groups is 1. The fraction of sp³-hybridized carbons (Fsp3) is 0.364. The third kappa shape index (κ3) is 3.46. The minimum atomic E-state index is -0.395. The van der Waals surface area contributed by atoms with Crippen molar-refractivity contribution in [3.63, 3.8) is 0 Å². The molecule has 144 valence electrons. The van der Waals surface area contributed by atoms with E-state index in [9.17, 15) is 14.4 Å². The molecule has 5 nitrogen and oxygen atoms in total. The number of nitrogens with one attached hydrogen (secondary N) is 2. The topological polar surface area (TPSA) is 68.2 Å². The zero-order chi connectivity index (χ0) is 19.5. The van der Waals surface area contributed by atoms with Crippen molar-refractivity contribution in [3.8, 4) is 6.07 Å². The van der Waals surface area contributed by atoms with E-state index in [2.05, 4.69) is 16.7 Å². The highest BCUT2D eigenvalue weighted by atomic mass is 19.1. The quantitative estimate of drug-likeness (QED) is 0.854. The van der Waals surface area contributed by atoms with Gasteiger partial charge < -0.3 is 15.5 Å². The second-order valence-electron chi connectivity index (χ2n) is 7.34. The molecule has 2 aliphatic rings. The van der Waals surface area contributed by atoms with E-state index < -0.39 is 5.92 Å². The van der Waals surface area contributed by atoms with Gasteiger partial charge in [-0.15, -0.1) is 0 Å². The number of hydrogen-bond acceptors (Lipinski definition) is 3. The molecule has 2 amide bonds. The summed E-state index contributed by atoms with van der Waals surface area (Å²) < 4.78 is 14.9. The first-order valence-electron chi connectivity index (χ1n) is 9.72. The van der Waals surface area contributed by atoms with Gasteiger partial charge >= 0.3 is 6.03 Å². The first-order valence-corrected chi connectivity index (χ1v) is 9.72. The van der Waals surface area contributed by atoms with E-state index in [-0.39, 0.29) is 23.6 Å². The van der Waals surface area contributed by atoms with E-state index in [0.717, 1.165) is 30.5 Å². The van der Waals surface area contributed by atoms with Gasteiger partial charge in [0.1, 0.15) is 5.82 Å². The number of hydrogen-bond donors (Lipinski definition) is 2. The zero-order valence-corrected chi connectivity index (χ0v) is 15.6. The molecule has 2 atom stereocenters. The average Bonchev–Trinajstić information content (AvgIpc) is 3.21. The molecule has 1 saturated heterocycles. The maximum absolute atomic E-state index is 14.9. The van der Waals surface area contributed by atoms with Crippen molar-refractivity contribution in [2.24, 2.45) is 0 Å². The van der Waals surface area contributed by atoms with Crippen LogP contribution < -0.4 is 10.6 Å². The number of urea groups is 1. The molecule has 0 radical (unpaired) electrons. The van der Waals surface area contributed by atoms with Gasteiger partial charge in [0, 0.05) is 13.1 Å². The Morgan fingerprint density at radius 3 is 2.89 bits per heavy atom. The van der Waals surface area contributed by atoms with Crippen LogP contribution >= 0.6 is 0 Å². The van der Waals surface area contributed by atoms with Gasteiger partial charge in [-0.25, -0.2) is 9.18 Å². The highest BCUT2D eigenvalue weighted by molar-refractivity contribution is 5.90. The van der Waals surface area contributed by atoms with Gasteiger partial charge in [0.2, 0.25) is 0 Å². The van der Waals surface area contributed by atoms with Crippen LogP contribution in [0.25, 0.3) is 0 Å². The predicted molar refractivity (Wildman–Crippen MR) is 105 cm³/mol. The Labute approximate surface area is 164 Å². The Kier molecular flexibility index (Phi) is 5.27. The third-order valence-electron chi connectivity index (χ3n) is 5.69. The van der Waals surface area contributed by atoms with E-state index in [0.29, 0.717) is 25.1 Å². The first kappa shape index (κ1) is 18.5. The second kappa shape index (κ2) is 7.99. The lowest BCUT2D eigenvalue weighted by atomic mass is 9.91. The summed E-state index contributed by atoms with van der Waals surface area (Å²) in [7, 11) is 0. The summed E-state index contributed by atoms with van der Waals surface area (Å²) in [4.78, 5) is 14.6. The number of anilines is 1. The average molecular weight is 378 g/mol. The van der Waals surface area contributed by atoms with Crippen LogP contribution in [0.4, 0.5) is 14.9 Å². The fourth-order valence-electron chi connectivity index (χ4n) is 4.25. The Morgan fingerprint density at radius 1 is 1.29 bits per heavy atom. The van der Waals surface area contributed by atoms with Crippen molar-refractivity contribution in [2.45, 2.75) is 37.8 Å². The number of benzene rings is 2. The van der Waals surface area contributed by atoms with Crippen LogP contribution in [0.3, 0.4) is 0 Å². The van der Waals surface area contributed by atoms with Crippen LogP contribution in [0, 0.1) is 17.1 Å². The number of nitriles is 1. The molecule has 2 N–H and O–H groups in total. The number of nitrogens with zero attached hydrogens (tertiary/aromatic N) is 2. The monoisotopic (exact) mass is 378 g/mol. The summed E-state index contributed by atoms with van der Waals surface area (Å²) in [5.41, 5.74) is 2.73. The minimum absolute atomic E-state index is 0.211. The zero-order valence-electron chi connectivity index (χ0n) is 15.6. The van der Waals surface area contributed by atoms with Crippen molar-refractivity contribution >= 4 is 11.7 Å². The first-order chi connectivity index (χ1) is 13.7. The number of fused-ring (bicyclic) bond motifs is 1. The standard InChI is InChI=1S/C22H23FN4O/c23-21-17-10-11-25-14-16(17)8-9-19(21)26-22(28)27-12-4-7-20(27)18(13-24)15-5-2-1-3-6-15/h1-3,5-6,8-9,18,20,25H,4,7,10-12,14H2,(H,26,28). The summed E-state index contributed by atoms with van der Waals surface area (Å²) in [5.74, 6) is -0.739. The normalized spacial score (nSPS) is 19.6. The molecule has 4 rings (SSSR count). The fourth-order valence-corrected chi connectivity index (χ4v) is 4.25. The number of halogens is 1. The molecule has 0 aromatic heterocycles. The molecule has 2 aliphatic heterocycles. The van der Waals surface area contributed by atoms with Crippen molar-refractivity contribution in [1.29, 1.82) is 5.26 Å². The largest absolute Gasteiger partial charge is 0.322 e. The molecule has 2 heterocycles. The van der Waals surface area contributed by atoms with E-state index >= 15 is 0 Å². The lowest BCUT2D eigenvalue weighted by Gasteiger charge is -2.29. The van der Waals surface area contributed by atoms with Gasteiger partial charge in [0.15, 0.2) is 0 Å². The molecule has 28 heavy (non-hydrogen) atoms. The Balaban J connectivity index is 1.54. The third-order valence-corrected chi connectivity index (χ3v) is 5.69. The Bertz CT molecular complexity index is 909. The van der Waals surface area contributed by atoms with Gasteiger partial charge in [-0.1, -0.05) is 36.4 Å². The number of amides is 2. The molecule has 0 bridgehead atoms. The van der Waals surface area contributed by atoms with Gasteiger partial charge in [-0.2, -0.15) is 5.26 Å². The lowest BCUT2D eigenvalue weighted by molar-refractivity contribution is 0.203. The maximum atomic E-state index is 14.9. The van der Waals surface area contributed by atoms with Crippen molar-refractivity contribution in [3.05, 3.63) is 65.0 Å². The van der Waals surface area contributed by atoms with Crippen LogP contribution in [0.2, 0.25) is 0 Å². The van der Waals surface area contributed by atoms with E-state index in [1.807, 2.05) is 36.4 Å². The summed E-state index contributed by atoms with van der Waals surface area (Å²) in [6.07, 6.45) is 2.21. The summed E-state index contributed by atoms with van der Waals surface area (Å²) >= 11 is 0. The highest BCUT2D eigenvalue weighted by Gasteiger charge is 2.36. The predicted octanol–water partition coefficient (Wildman–Crippen LogP) is 3.78. The van der Waals surface area contributed by atoms with Crippen LogP contribution in [0.5, 0.6) is 0 Å². The molecule has 2 unspecified atom stereocenters. The Morgan fingerprint density at radius 2 is 2.11 bits per heavy atom. The Hall–Kier alpha value is -2.91. The molecule has 2 aromatic carbocycles. The summed E-state index contributed by atoms with van der Waals surface area (Å²) in [6, 6.07) is 14.8. The molecule has 1 fully saturated rings. The molecular weight excluding hydrogens is 355 g/mol. The second-order valence-corrected chi connectivity index (χ2v) is 7.34. The van der Waals surface area contributed by atoms with E-state index in [4.69, 9.17) is 0 Å². The minimum Gasteiger partial charge on any atom is -0.320 e. The van der Waals surface area contributed by atoms with Crippen LogP contribution in [-0.2, 0) is 13.0 Å². The van der Waals surface area contributed by atoms with Crippen LogP contribution in [-0.4, -0.2) is 30.1 Å². The molecule has 6 heteroatoms. The maximum Gasteiger partial charge on any atom is 0.322 e. The highest BCUT2D eigenvalue weighted by Crippen LogP contribution is 2.32. The van der Waals surface area contributed by atoms with Crippen molar-refractivity contribution in [2.75, 3.05) is 18.4 Å². The van der Waals surface area contributed by atoms with Crippen LogP contribution in [0.1, 0.15) is 35.4 Å². The number of carbonyl (C=O) groups excluding carboxylic acids is 1. The van der Waals surface area contributed by atoms with Gasteiger partial charge in [0.05, 0.1) is 23.7 Å². The van der Waals surface area contributed by atoms with Gasteiger partial charge in [-0.05, 0) is 48.6 Å². The lowest BCUT2D eigenvalue weighted by Crippen LogP contribution is -2.41. The smallest absolute Gasteiger partial charge is 0.320 e. The van der Waals surface area contributed by atoms with Gasteiger partial charge in [-0.3, -0.25) is 0 Å². The molecule has 0 aliphatic carbocycles. The van der Waals surface area contributed by atoms with Crippen LogP contribution in [0.15, 0.2) is 42.5 Å². The van der Waals surface area contributed by atoms with Crippen molar-refractivity contribution in [1.82, 2.24) is 10.2 Å². The molecular formula is C22H23FN4O. The molecule has 0 saturated carbocycles. The SMILES string of the molecule is N#CC(c1ccccc1)C1CCCN1C(=O)Nc1ccc2c(c1F)CCNC2. The van der Waals surface area contributed by atoms with Crippen molar-refractivity contribution < 1.29 is 9.18 Å². The summed E-state index contributed by atoms with van der Waals surface area (Å²) in [5, 5.41) is 15.7. The van der Waals surface area contributed by atoms with E-state index in [1.165, 1.54) is 0 Å². The molecule has 2 aromatic rings. The molecule has 0 spiro atoms.